The maximum Gasteiger partial charge on any atom is 0.339 e. The number of nitrogens with one attached hydrogen (secondary N) is 1. The molecular weight excluding hydrogens is 226 g/mol. The minimum atomic E-state index is -0.388. The smallest absolute Gasteiger partial charge is 0.339 e. The highest BCUT2D eigenvalue weighted by molar-refractivity contribution is 6.33. The minimum Gasteiger partial charge on any atom is -0.465 e. The Kier molecular flexibility index (Phi) is 3.46. The largest absolute Gasteiger partial charge is 0.465 e. The summed E-state index contributed by atoms with van der Waals surface area (Å²) in [6.45, 7) is 2.02. The van der Waals surface area contributed by atoms with Gasteiger partial charge in [0.1, 0.15) is 0 Å². The molecule has 1 aromatic rings. The Balaban J connectivity index is 2.25. The van der Waals surface area contributed by atoms with Crippen molar-refractivity contribution in [2.24, 2.45) is 0 Å². The number of halogens is 1. The van der Waals surface area contributed by atoms with Crippen molar-refractivity contribution in [2.45, 2.75) is 12.3 Å². The zero-order valence-electron chi connectivity index (χ0n) is 9.13. The number of hydrogen-bond donors (Lipinski definition) is 1. The first-order chi connectivity index (χ1) is 7.72. The SMILES string of the molecule is COC(=O)c1ccc(C2CCNC2)cc1Cl. The second-order valence-electron chi connectivity index (χ2n) is 3.92. The molecule has 1 aromatic carbocycles. The molecule has 1 N–H and O–H groups in total. The fourth-order valence-electron chi connectivity index (χ4n) is 2.00. The molecule has 86 valence electrons. The molecule has 1 unspecified atom stereocenters. The molecule has 16 heavy (non-hydrogen) atoms. The van der Waals surface area contributed by atoms with Gasteiger partial charge >= 0.3 is 5.97 Å². The second-order valence-corrected chi connectivity index (χ2v) is 4.33. The van der Waals surface area contributed by atoms with Crippen LogP contribution in [0.5, 0.6) is 0 Å². The monoisotopic (exact) mass is 239 g/mol. The van der Waals surface area contributed by atoms with Gasteiger partial charge in [-0.25, -0.2) is 4.79 Å². The first-order valence-corrected chi connectivity index (χ1v) is 5.68. The summed E-state index contributed by atoms with van der Waals surface area (Å²) in [5, 5.41) is 3.77. The van der Waals surface area contributed by atoms with Crippen LogP contribution in [0.15, 0.2) is 18.2 Å². The van der Waals surface area contributed by atoms with Crippen LogP contribution in [0.25, 0.3) is 0 Å². The molecule has 0 amide bonds. The van der Waals surface area contributed by atoms with Crippen LogP contribution in [0.3, 0.4) is 0 Å². The summed E-state index contributed by atoms with van der Waals surface area (Å²) in [4.78, 5) is 11.3. The lowest BCUT2D eigenvalue weighted by atomic mass is 9.97. The topological polar surface area (TPSA) is 38.3 Å². The Bertz CT molecular complexity index is 400. The van der Waals surface area contributed by atoms with Gasteiger partial charge in [0.25, 0.3) is 0 Å². The van der Waals surface area contributed by atoms with E-state index in [-0.39, 0.29) is 5.97 Å². The molecule has 4 heteroatoms. The Hall–Kier alpha value is -1.06. The summed E-state index contributed by atoms with van der Waals surface area (Å²) in [7, 11) is 1.35. The van der Waals surface area contributed by atoms with Crippen LogP contribution in [0.4, 0.5) is 0 Å². The third-order valence-corrected chi connectivity index (χ3v) is 3.24. The van der Waals surface area contributed by atoms with Crippen molar-refractivity contribution in [3.63, 3.8) is 0 Å². The molecule has 0 aromatic heterocycles. The molecule has 3 nitrogen and oxygen atoms in total. The van der Waals surface area contributed by atoms with Gasteiger partial charge < -0.3 is 10.1 Å². The van der Waals surface area contributed by atoms with E-state index in [1.54, 1.807) is 6.07 Å². The van der Waals surface area contributed by atoms with Crippen molar-refractivity contribution in [1.82, 2.24) is 5.32 Å². The summed E-state index contributed by atoms with van der Waals surface area (Å²) in [6, 6.07) is 5.56. The molecule has 1 atom stereocenters. The molecule has 0 radical (unpaired) electrons. The molecule has 1 saturated heterocycles. The normalized spacial score (nSPS) is 19.8. The van der Waals surface area contributed by atoms with Crippen LogP contribution in [0, 0.1) is 0 Å². The maximum absolute atomic E-state index is 11.3. The molecule has 1 aliphatic heterocycles. The Labute approximate surface area is 99.7 Å². The average Bonchev–Trinajstić information content (AvgIpc) is 2.81. The lowest BCUT2D eigenvalue weighted by Crippen LogP contribution is -2.08. The number of ether oxygens (including phenoxy) is 1. The van der Waals surface area contributed by atoms with Crippen LogP contribution in [0.1, 0.15) is 28.3 Å². The molecular formula is C12H14ClNO2. The van der Waals surface area contributed by atoms with E-state index in [0.717, 1.165) is 19.5 Å². The van der Waals surface area contributed by atoms with Crippen LogP contribution >= 0.6 is 11.6 Å². The zero-order chi connectivity index (χ0) is 11.5. The number of methoxy groups -OCH3 is 1. The van der Waals surface area contributed by atoms with Crippen molar-refractivity contribution in [3.05, 3.63) is 34.3 Å². The van der Waals surface area contributed by atoms with Crippen molar-refractivity contribution in [2.75, 3.05) is 20.2 Å². The van der Waals surface area contributed by atoms with Gasteiger partial charge in [-0.3, -0.25) is 0 Å². The highest BCUT2D eigenvalue weighted by Gasteiger charge is 2.18. The van der Waals surface area contributed by atoms with Crippen LogP contribution in [0.2, 0.25) is 5.02 Å². The van der Waals surface area contributed by atoms with Crippen LogP contribution in [-0.4, -0.2) is 26.2 Å². The van der Waals surface area contributed by atoms with Crippen molar-refractivity contribution in [3.8, 4) is 0 Å². The summed E-state index contributed by atoms with van der Waals surface area (Å²) in [5.74, 6) is 0.116. The molecule has 1 fully saturated rings. The average molecular weight is 240 g/mol. The molecule has 0 aliphatic carbocycles. The van der Waals surface area contributed by atoms with E-state index in [1.165, 1.54) is 12.7 Å². The van der Waals surface area contributed by atoms with Gasteiger partial charge in [0, 0.05) is 6.54 Å². The predicted molar refractivity (Wildman–Crippen MR) is 63.0 cm³/mol. The Morgan fingerprint density at radius 1 is 1.56 bits per heavy atom. The Morgan fingerprint density at radius 3 is 2.94 bits per heavy atom. The molecule has 2 rings (SSSR count). The van der Waals surface area contributed by atoms with E-state index < -0.39 is 0 Å². The van der Waals surface area contributed by atoms with Crippen molar-refractivity contribution < 1.29 is 9.53 Å². The quantitative estimate of drug-likeness (QED) is 0.805. The summed E-state index contributed by atoms with van der Waals surface area (Å²) < 4.78 is 4.65. The molecule has 0 bridgehead atoms. The predicted octanol–water partition coefficient (Wildman–Crippen LogP) is 2.20. The van der Waals surface area contributed by atoms with E-state index in [0.29, 0.717) is 16.5 Å². The fourth-order valence-corrected chi connectivity index (χ4v) is 2.27. The number of esters is 1. The van der Waals surface area contributed by atoms with Gasteiger partial charge in [-0.15, -0.1) is 0 Å². The van der Waals surface area contributed by atoms with E-state index in [2.05, 4.69) is 10.1 Å². The summed E-state index contributed by atoms with van der Waals surface area (Å²) in [5.41, 5.74) is 1.61. The Morgan fingerprint density at radius 2 is 2.38 bits per heavy atom. The van der Waals surface area contributed by atoms with E-state index in [1.807, 2.05) is 12.1 Å². The van der Waals surface area contributed by atoms with Gasteiger partial charge in [0.2, 0.25) is 0 Å². The number of carbonyl (C=O) groups excluding carboxylic acids is 1. The minimum absolute atomic E-state index is 0.388. The molecule has 1 heterocycles. The van der Waals surface area contributed by atoms with Crippen molar-refractivity contribution >= 4 is 17.6 Å². The van der Waals surface area contributed by atoms with Gasteiger partial charge in [-0.2, -0.15) is 0 Å². The first kappa shape index (κ1) is 11.4. The number of hydrogen-bond acceptors (Lipinski definition) is 3. The van der Waals surface area contributed by atoms with Gasteiger partial charge in [0.05, 0.1) is 17.7 Å². The maximum atomic E-state index is 11.3. The third kappa shape index (κ3) is 2.20. The zero-order valence-corrected chi connectivity index (χ0v) is 9.88. The first-order valence-electron chi connectivity index (χ1n) is 5.31. The second kappa shape index (κ2) is 4.85. The van der Waals surface area contributed by atoms with E-state index in [4.69, 9.17) is 11.6 Å². The van der Waals surface area contributed by atoms with Crippen LogP contribution in [-0.2, 0) is 4.74 Å². The standard InChI is InChI=1S/C12H14ClNO2/c1-16-12(15)10-3-2-8(6-11(10)13)9-4-5-14-7-9/h2-3,6,9,14H,4-5,7H2,1H3. The van der Waals surface area contributed by atoms with E-state index in [9.17, 15) is 4.79 Å². The van der Waals surface area contributed by atoms with Gasteiger partial charge in [0.15, 0.2) is 0 Å². The van der Waals surface area contributed by atoms with Gasteiger partial charge in [-0.1, -0.05) is 17.7 Å². The summed E-state index contributed by atoms with van der Waals surface area (Å²) in [6.07, 6.45) is 1.12. The fraction of sp³-hybridized carbons (Fsp3) is 0.417. The molecule has 0 spiro atoms. The third-order valence-electron chi connectivity index (χ3n) is 2.93. The lowest BCUT2D eigenvalue weighted by molar-refractivity contribution is 0.0601. The number of carbonyl (C=O) groups is 1. The highest BCUT2D eigenvalue weighted by atomic mass is 35.5. The number of benzene rings is 1. The van der Waals surface area contributed by atoms with Crippen molar-refractivity contribution in [1.29, 1.82) is 0 Å². The van der Waals surface area contributed by atoms with Gasteiger partial charge in [-0.05, 0) is 36.6 Å². The lowest BCUT2D eigenvalue weighted by Gasteiger charge is -2.10. The highest BCUT2D eigenvalue weighted by Crippen LogP contribution is 2.27. The summed E-state index contributed by atoms with van der Waals surface area (Å²) >= 11 is 6.06. The van der Waals surface area contributed by atoms with Crippen LogP contribution < -0.4 is 5.32 Å². The molecule has 0 saturated carbocycles. The number of rotatable bonds is 2. The molecule has 1 aliphatic rings. The van der Waals surface area contributed by atoms with E-state index >= 15 is 0 Å².